The lowest BCUT2D eigenvalue weighted by Crippen LogP contribution is -2.49. The Morgan fingerprint density at radius 3 is 2.90 bits per heavy atom. The summed E-state index contributed by atoms with van der Waals surface area (Å²) in [6.07, 6.45) is 3.56. The van der Waals surface area contributed by atoms with E-state index in [9.17, 15) is 17.6 Å². The molecule has 21 heavy (non-hydrogen) atoms. The zero-order valence-electron chi connectivity index (χ0n) is 11.8. The summed E-state index contributed by atoms with van der Waals surface area (Å²) in [5, 5.41) is 0. The van der Waals surface area contributed by atoms with E-state index >= 15 is 0 Å². The number of carbonyl (C=O) groups is 1. The second-order valence-electron chi connectivity index (χ2n) is 5.11. The highest BCUT2D eigenvalue weighted by Crippen LogP contribution is 2.19. The highest BCUT2D eigenvalue weighted by molar-refractivity contribution is 7.88. The third-order valence-corrected chi connectivity index (χ3v) is 4.09. The van der Waals surface area contributed by atoms with Crippen LogP contribution < -0.4 is 4.72 Å². The molecule has 1 aromatic heterocycles. The minimum absolute atomic E-state index is 0.0428. The Morgan fingerprint density at radius 2 is 2.24 bits per heavy atom. The zero-order chi connectivity index (χ0) is 15.5. The van der Waals surface area contributed by atoms with Gasteiger partial charge in [-0.05, 0) is 31.4 Å². The van der Waals surface area contributed by atoms with Crippen LogP contribution in [0.3, 0.4) is 0 Å². The van der Waals surface area contributed by atoms with E-state index in [1.165, 1.54) is 18.2 Å². The van der Waals surface area contributed by atoms with Crippen molar-refractivity contribution in [2.75, 3.05) is 19.3 Å². The summed E-state index contributed by atoms with van der Waals surface area (Å²) >= 11 is 0. The molecule has 1 fully saturated rings. The van der Waals surface area contributed by atoms with Gasteiger partial charge in [0.1, 0.15) is 5.69 Å². The number of aromatic nitrogens is 1. The maximum absolute atomic E-state index is 13.1. The molecule has 6 nitrogen and oxygen atoms in total. The van der Waals surface area contributed by atoms with E-state index in [2.05, 4.69) is 9.71 Å². The maximum Gasteiger partial charge on any atom is 0.272 e. The molecule has 0 saturated carbocycles. The largest absolute Gasteiger partial charge is 0.333 e. The van der Waals surface area contributed by atoms with Gasteiger partial charge in [0.2, 0.25) is 16.0 Å². The number of likely N-dealkylation sites (tertiary alicyclic amines) is 1. The van der Waals surface area contributed by atoms with E-state index in [0.29, 0.717) is 13.0 Å². The summed E-state index contributed by atoms with van der Waals surface area (Å²) in [5.74, 6) is -1.07. The van der Waals surface area contributed by atoms with Crippen LogP contribution >= 0.6 is 0 Å². The van der Waals surface area contributed by atoms with Crippen molar-refractivity contribution < 1.29 is 17.6 Å². The fourth-order valence-electron chi connectivity index (χ4n) is 2.40. The Kier molecular flexibility index (Phi) is 4.89. The minimum Gasteiger partial charge on any atom is -0.333 e. The smallest absolute Gasteiger partial charge is 0.272 e. The Morgan fingerprint density at radius 1 is 1.48 bits per heavy atom. The first-order valence-corrected chi connectivity index (χ1v) is 8.64. The average molecular weight is 315 g/mol. The number of nitrogens with zero attached hydrogens (tertiary/aromatic N) is 2. The van der Waals surface area contributed by atoms with Gasteiger partial charge in [-0.25, -0.2) is 18.1 Å². The molecule has 1 atom stereocenters. The quantitative estimate of drug-likeness (QED) is 0.832. The summed E-state index contributed by atoms with van der Waals surface area (Å²) in [4.78, 5) is 17.6. The molecule has 1 aliphatic rings. The summed E-state index contributed by atoms with van der Waals surface area (Å²) < 4.78 is 37.9. The van der Waals surface area contributed by atoms with Gasteiger partial charge in [0.25, 0.3) is 5.91 Å². The predicted molar refractivity (Wildman–Crippen MR) is 75.7 cm³/mol. The number of nitrogens with one attached hydrogen (secondary N) is 1. The normalized spacial score (nSPS) is 19.5. The molecular formula is C13H18FN3O3S. The molecule has 0 bridgehead atoms. The van der Waals surface area contributed by atoms with Crippen molar-refractivity contribution in [3.8, 4) is 0 Å². The lowest BCUT2D eigenvalue weighted by Gasteiger charge is -2.35. The summed E-state index contributed by atoms with van der Waals surface area (Å²) in [6, 6.07) is 3.84. The van der Waals surface area contributed by atoms with Crippen LogP contribution in [0.5, 0.6) is 0 Å². The Balaban J connectivity index is 2.12. The number of piperidine rings is 1. The average Bonchev–Trinajstić information content (AvgIpc) is 2.44. The summed E-state index contributed by atoms with van der Waals surface area (Å²) in [7, 11) is -3.31. The van der Waals surface area contributed by atoms with E-state index in [1.54, 1.807) is 4.90 Å². The molecule has 1 N–H and O–H groups in total. The molecule has 2 heterocycles. The molecule has 1 unspecified atom stereocenters. The molecule has 8 heteroatoms. The molecule has 116 valence electrons. The van der Waals surface area contributed by atoms with Gasteiger partial charge >= 0.3 is 0 Å². The molecule has 0 aromatic carbocycles. The third-order valence-electron chi connectivity index (χ3n) is 3.40. The fourth-order valence-corrected chi connectivity index (χ4v) is 2.90. The van der Waals surface area contributed by atoms with Crippen LogP contribution in [0.25, 0.3) is 0 Å². The summed E-state index contributed by atoms with van der Waals surface area (Å²) in [6.45, 7) is 0.688. The topological polar surface area (TPSA) is 79.4 Å². The number of amides is 1. The van der Waals surface area contributed by atoms with Gasteiger partial charge in [0.05, 0.1) is 6.26 Å². The van der Waals surface area contributed by atoms with Gasteiger partial charge in [0, 0.05) is 19.1 Å². The van der Waals surface area contributed by atoms with Crippen LogP contribution in [0.2, 0.25) is 0 Å². The van der Waals surface area contributed by atoms with E-state index in [-0.39, 0.29) is 24.2 Å². The number of hydrogen-bond donors (Lipinski definition) is 1. The lowest BCUT2D eigenvalue weighted by atomic mass is 10.0. The minimum atomic E-state index is -3.31. The molecule has 1 aliphatic heterocycles. The van der Waals surface area contributed by atoms with Crippen LogP contribution in [0, 0.1) is 5.95 Å². The molecular weight excluding hydrogens is 297 g/mol. The van der Waals surface area contributed by atoms with Gasteiger partial charge in [0.15, 0.2) is 0 Å². The molecule has 1 amide bonds. The second-order valence-corrected chi connectivity index (χ2v) is 6.95. The summed E-state index contributed by atoms with van der Waals surface area (Å²) in [5.41, 5.74) is 0.0428. The number of hydrogen-bond acceptors (Lipinski definition) is 4. The first-order valence-electron chi connectivity index (χ1n) is 6.75. The third kappa shape index (κ3) is 4.47. The van der Waals surface area contributed by atoms with E-state index < -0.39 is 16.0 Å². The van der Waals surface area contributed by atoms with Gasteiger partial charge < -0.3 is 4.90 Å². The van der Waals surface area contributed by atoms with E-state index in [0.717, 1.165) is 19.1 Å². The fraction of sp³-hybridized carbons (Fsp3) is 0.538. The van der Waals surface area contributed by atoms with E-state index in [4.69, 9.17) is 0 Å². The van der Waals surface area contributed by atoms with Crippen molar-refractivity contribution in [1.29, 1.82) is 0 Å². The molecule has 2 rings (SSSR count). The lowest BCUT2D eigenvalue weighted by molar-refractivity contribution is 0.0611. The number of halogens is 1. The van der Waals surface area contributed by atoms with Crippen LogP contribution in [0.4, 0.5) is 4.39 Å². The number of carbonyl (C=O) groups excluding carboxylic acids is 1. The molecule has 1 saturated heterocycles. The highest BCUT2D eigenvalue weighted by Gasteiger charge is 2.28. The SMILES string of the molecule is CS(=O)(=O)NCC1CCCCN1C(=O)c1cccc(F)n1. The van der Waals surface area contributed by atoms with Crippen LogP contribution in [0.1, 0.15) is 29.8 Å². The van der Waals surface area contributed by atoms with Crippen LogP contribution in [-0.2, 0) is 10.0 Å². The predicted octanol–water partition coefficient (Wildman–Crippen LogP) is 0.765. The Hall–Kier alpha value is -1.54. The van der Waals surface area contributed by atoms with Crippen molar-refractivity contribution in [2.45, 2.75) is 25.3 Å². The molecule has 0 spiro atoms. The van der Waals surface area contributed by atoms with Crippen molar-refractivity contribution >= 4 is 15.9 Å². The van der Waals surface area contributed by atoms with Crippen LogP contribution in [-0.4, -0.2) is 49.6 Å². The first kappa shape index (κ1) is 15.8. The Bertz CT molecular complexity index is 621. The van der Waals surface area contributed by atoms with Crippen molar-refractivity contribution in [3.05, 3.63) is 29.8 Å². The standard InChI is InChI=1S/C13H18FN3O3S/c1-21(19,20)15-9-10-5-2-3-8-17(10)13(18)11-6-4-7-12(14)16-11/h4,6-7,10,15H,2-3,5,8-9H2,1H3. The monoisotopic (exact) mass is 315 g/mol. The van der Waals surface area contributed by atoms with Gasteiger partial charge in [-0.3, -0.25) is 4.79 Å². The zero-order valence-corrected chi connectivity index (χ0v) is 12.6. The van der Waals surface area contributed by atoms with Crippen molar-refractivity contribution in [3.63, 3.8) is 0 Å². The first-order chi connectivity index (χ1) is 9.87. The van der Waals surface area contributed by atoms with Crippen molar-refractivity contribution in [1.82, 2.24) is 14.6 Å². The molecule has 0 aliphatic carbocycles. The number of sulfonamides is 1. The molecule has 0 radical (unpaired) electrons. The molecule has 1 aromatic rings. The second kappa shape index (κ2) is 6.48. The highest BCUT2D eigenvalue weighted by atomic mass is 32.2. The van der Waals surface area contributed by atoms with Gasteiger partial charge in [-0.2, -0.15) is 4.39 Å². The number of rotatable bonds is 4. The Labute approximate surface area is 123 Å². The van der Waals surface area contributed by atoms with Crippen LogP contribution in [0.15, 0.2) is 18.2 Å². The van der Waals surface area contributed by atoms with E-state index in [1.807, 2.05) is 0 Å². The number of pyridine rings is 1. The van der Waals surface area contributed by atoms with Crippen molar-refractivity contribution in [2.24, 2.45) is 0 Å². The van der Waals surface area contributed by atoms with Gasteiger partial charge in [-0.15, -0.1) is 0 Å². The van der Waals surface area contributed by atoms with Gasteiger partial charge in [-0.1, -0.05) is 6.07 Å². The maximum atomic E-state index is 13.1.